The number of ether oxygens (including phenoxy) is 1. The first kappa shape index (κ1) is 16.2. The Balaban J connectivity index is 1.81. The number of amides is 1. The maximum Gasteiger partial charge on any atom is 0.411 e. The standard InChI is InChI=1S/C15H21N3O4S/c1-22-15(19)17-11-2-6-14(7-3-11)23(20,21)18(12-4-5-12)13-8-9-16-10-13/h2-3,6-7,12-13,16H,4-5,8-10H2,1H3,(H,17,19)/t13-/m1/s1. The molecule has 0 aromatic heterocycles. The molecule has 1 saturated heterocycles. The van der Waals surface area contributed by atoms with Crippen molar-refractivity contribution in [3.63, 3.8) is 0 Å². The van der Waals surface area contributed by atoms with Gasteiger partial charge in [-0.15, -0.1) is 0 Å². The number of hydrogen-bond acceptors (Lipinski definition) is 5. The first-order valence-electron chi connectivity index (χ1n) is 7.71. The van der Waals surface area contributed by atoms with Crippen LogP contribution >= 0.6 is 0 Å². The van der Waals surface area contributed by atoms with E-state index in [1.54, 1.807) is 16.4 Å². The van der Waals surface area contributed by atoms with E-state index in [2.05, 4.69) is 15.4 Å². The maximum absolute atomic E-state index is 13.0. The molecule has 3 rings (SSSR count). The van der Waals surface area contributed by atoms with E-state index >= 15 is 0 Å². The lowest BCUT2D eigenvalue weighted by Gasteiger charge is -2.27. The second kappa shape index (κ2) is 6.46. The van der Waals surface area contributed by atoms with E-state index in [9.17, 15) is 13.2 Å². The van der Waals surface area contributed by atoms with Crippen molar-refractivity contribution in [2.24, 2.45) is 0 Å². The molecule has 2 fully saturated rings. The van der Waals surface area contributed by atoms with Crippen molar-refractivity contribution in [1.29, 1.82) is 0 Å². The third-order valence-electron chi connectivity index (χ3n) is 4.16. The zero-order valence-corrected chi connectivity index (χ0v) is 13.8. The zero-order chi connectivity index (χ0) is 16.4. The van der Waals surface area contributed by atoms with E-state index in [0.29, 0.717) is 12.2 Å². The Morgan fingerprint density at radius 3 is 2.43 bits per heavy atom. The molecule has 1 aromatic rings. The number of carbonyl (C=O) groups excluding carboxylic acids is 1. The largest absolute Gasteiger partial charge is 0.453 e. The van der Waals surface area contributed by atoms with E-state index in [1.807, 2.05) is 0 Å². The minimum atomic E-state index is -3.52. The Labute approximate surface area is 136 Å². The van der Waals surface area contributed by atoms with Crippen LogP contribution in [-0.2, 0) is 14.8 Å². The number of rotatable bonds is 5. The van der Waals surface area contributed by atoms with Gasteiger partial charge >= 0.3 is 6.09 Å². The number of carbonyl (C=O) groups is 1. The second-order valence-electron chi connectivity index (χ2n) is 5.85. The average Bonchev–Trinajstić information content (AvgIpc) is 3.21. The van der Waals surface area contributed by atoms with Crippen LogP contribution in [0, 0.1) is 0 Å². The number of nitrogens with zero attached hydrogens (tertiary/aromatic N) is 1. The molecule has 0 radical (unpaired) electrons. The molecular formula is C15H21N3O4S. The molecule has 7 nitrogen and oxygen atoms in total. The fourth-order valence-electron chi connectivity index (χ4n) is 2.88. The molecule has 2 N–H and O–H groups in total. The van der Waals surface area contributed by atoms with Crippen LogP contribution in [0.4, 0.5) is 10.5 Å². The molecule has 1 aliphatic heterocycles. The van der Waals surface area contributed by atoms with Crippen molar-refractivity contribution in [2.75, 3.05) is 25.5 Å². The summed E-state index contributed by atoms with van der Waals surface area (Å²) in [5.74, 6) is 0. The summed E-state index contributed by atoms with van der Waals surface area (Å²) in [4.78, 5) is 11.4. The topological polar surface area (TPSA) is 87.7 Å². The molecule has 1 saturated carbocycles. The van der Waals surface area contributed by atoms with Gasteiger partial charge in [-0.05, 0) is 50.1 Å². The zero-order valence-electron chi connectivity index (χ0n) is 13.0. The Morgan fingerprint density at radius 1 is 1.22 bits per heavy atom. The highest BCUT2D eigenvalue weighted by atomic mass is 32.2. The van der Waals surface area contributed by atoms with Gasteiger partial charge in [0.05, 0.1) is 12.0 Å². The van der Waals surface area contributed by atoms with E-state index in [0.717, 1.165) is 25.8 Å². The van der Waals surface area contributed by atoms with Crippen molar-refractivity contribution in [3.05, 3.63) is 24.3 Å². The van der Waals surface area contributed by atoms with Gasteiger partial charge in [-0.25, -0.2) is 13.2 Å². The molecule has 1 heterocycles. The molecule has 2 aliphatic rings. The predicted octanol–water partition coefficient (Wildman–Crippen LogP) is 1.38. The summed E-state index contributed by atoms with van der Waals surface area (Å²) < 4.78 is 32.1. The Kier molecular flexibility index (Phi) is 4.56. The second-order valence-corrected chi connectivity index (χ2v) is 7.70. The molecule has 0 unspecified atom stereocenters. The van der Waals surface area contributed by atoms with E-state index in [1.165, 1.54) is 19.2 Å². The quantitative estimate of drug-likeness (QED) is 0.846. The van der Waals surface area contributed by atoms with Crippen molar-refractivity contribution in [1.82, 2.24) is 9.62 Å². The smallest absolute Gasteiger partial charge is 0.411 e. The molecule has 23 heavy (non-hydrogen) atoms. The Bertz CT molecular complexity index is 664. The van der Waals surface area contributed by atoms with Crippen LogP contribution in [0.5, 0.6) is 0 Å². The number of methoxy groups -OCH3 is 1. The maximum atomic E-state index is 13.0. The van der Waals surface area contributed by atoms with E-state index in [4.69, 9.17) is 0 Å². The monoisotopic (exact) mass is 339 g/mol. The molecular weight excluding hydrogens is 318 g/mol. The molecule has 1 aromatic carbocycles. The van der Waals surface area contributed by atoms with Crippen molar-refractivity contribution < 1.29 is 17.9 Å². The fourth-order valence-corrected chi connectivity index (χ4v) is 4.78. The van der Waals surface area contributed by atoms with E-state index < -0.39 is 16.1 Å². The lowest BCUT2D eigenvalue weighted by atomic mass is 10.2. The number of benzene rings is 1. The molecule has 1 aliphatic carbocycles. The Hall–Kier alpha value is -1.64. The normalized spacial score (nSPS) is 21.4. The van der Waals surface area contributed by atoms with Crippen LogP contribution in [0.1, 0.15) is 19.3 Å². The SMILES string of the molecule is COC(=O)Nc1ccc(S(=O)(=O)N(C2CC2)[C@@H]2CCNC2)cc1. The minimum Gasteiger partial charge on any atom is -0.453 e. The van der Waals surface area contributed by atoms with Gasteiger partial charge in [0.2, 0.25) is 10.0 Å². The van der Waals surface area contributed by atoms with Crippen molar-refractivity contribution >= 4 is 21.8 Å². The lowest BCUT2D eigenvalue weighted by Crippen LogP contribution is -2.43. The highest BCUT2D eigenvalue weighted by Gasteiger charge is 2.43. The Morgan fingerprint density at radius 2 is 1.91 bits per heavy atom. The highest BCUT2D eigenvalue weighted by Crippen LogP contribution is 2.35. The minimum absolute atomic E-state index is 0.0281. The first-order chi connectivity index (χ1) is 11.0. The van der Waals surface area contributed by atoms with E-state index in [-0.39, 0.29) is 17.0 Å². The van der Waals surface area contributed by atoms with Gasteiger partial charge in [0.15, 0.2) is 0 Å². The molecule has 1 atom stereocenters. The number of sulfonamides is 1. The van der Waals surface area contributed by atoms with Gasteiger partial charge in [-0.1, -0.05) is 0 Å². The number of nitrogens with one attached hydrogen (secondary N) is 2. The molecule has 0 bridgehead atoms. The van der Waals surface area contributed by atoms with Crippen LogP contribution in [0.2, 0.25) is 0 Å². The summed E-state index contributed by atoms with van der Waals surface area (Å²) in [6.45, 7) is 1.56. The summed E-state index contributed by atoms with van der Waals surface area (Å²) >= 11 is 0. The van der Waals surface area contributed by atoms with Crippen molar-refractivity contribution in [3.8, 4) is 0 Å². The number of hydrogen-bond donors (Lipinski definition) is 2. The van der Waals surface area contributed by atoms with Gasteiger partial charge in [0.1, 0.15) is 0 Å². The summed E-state index contributed by atoms with van der Waals surface area (Å²) in [7, 11) is -2.25. The van der Waals surface area contributed by atoms with Crippen LogP contribution < -0.4 is 10.6 Å². The molecule has 1 amide bonds. The first-order valence-corrected chi connectivity index (χ1v) is 9.15. The van der Waals surface area contributed by atoms with Gasteiger partial charge in [0.25, 0.3) is 0 Å². The summed E-state index contributed by atoms with van der Waals surface area (Å²) in [6.07, 6.45) is 2.12. The van der Waals surface area contributed by atoms with Crippen LogP contribution in [-0.4, -0.2) is 51.1 Å². The lowest BCUT2D eigenvalue weighted by molar-refractivity contribution is 0.187. The summed E-state index contributed by atoms with van der Waals surface area (Å²) in [6, 6.07) is 6.35. The van der Waals surface area contributed by atoms with Crippen LogP contribution in [0.3, 0.4) is 0 Å². The third kappa shape index (κ3) is 3.49. The highest BCUT2D eigenvalue weighted by molar-refractivity contribution is 7.89. The summed E-state index contributed by atoms with van der Waals surface area (Å²) in [5, 5.41) is 5.74. The molecule has 8 heteroatoms. The fraction of sp³-hybridized carbons (Fsp3) is 0.533. The average molecular weight is 339 g/mol. The third-order valence-corrected chi connectivity index (χ3v) is 6.18. The predicted molar refractivity (Wildman–Crippen MR) is 85.8 cm³/mol. The van der Waals surface area contributed by atoms with Gasteiger partial charge in [-0.2, -0.15) is 4.31 Å². The summed E-state index contributed by atoms with van der Waals surface area (Å²) in [5.41, 5.74) is 0.497. The van der Waals surface area contributed by atoms with Gasteiger partial charge in [-0.3, -0.25) is 5.32 Å². The van der Waals surface area contributed by atoms with Gasteiger partial charge < -0.3 is 10.1 Å². The van der Waals surface area contributed by atoms with Crippen molar-refractivity contribution in [2.45, 2.75) is 36.2 Å². The van der Waals surface area contributed by atoms with Crippen LogP contribution in [0.25, 0.3) is 0 Å². The molecule has 126 valence electrons. The molecule has 0 spiro atoms. The van der Waals surface area contributed by atoms with Gasteiger partial charge in [0, 0.05) is 24.3 Å². The van der Waals surface area contributed by atoms with Crippen LogP contribution in [0.15, 0.2) is 29.2 Å². The number of anilines is 1.